The quantitative estimate of drug-likeness (QED) is 0.407. The van der Waals surface area contributed by atoms with Gasteiger partial charge in [-0.25, -0.2) is 15.0 Å². The van der Waals surface area contributed by atoms with Gasteiger partial charge in [-0.2, -0.15) is 4.98 Å². The predicted molar refractivity (Wildman–Crippen MR) is 138 cm³/mol. The molecule has 0 aromatic carbocycles. The molecule has 35 heavy (non-hydrogen) atoms. The molecule has 0 bridgehead atoms. The summed E-state index contributed by atoms with van der Waals surface area (Å²) >= 11 is 1.51. The highest BCUT2D eigenvalue weighted by Crippen LogP contribution is 2.27. The minimum Gasteiger partial charge on any atom is -0.393 e. The van der Waals surface area contributed by atoms with Gasteiger partial charge in [0.15, 0.2) is 5.13 Å². The van der Waals surface area contributed by atoms with Crippen LogP contribution in [0.5, 0.6) is 0 Å². The lowest BCUT2D eigenvalue weighted by Gasteiger charge is -2.34. The fourth-order valence-electron chi connectivity index (χ4n) is 4.66. The molecular weight excluding hydrogens is 464 g/mol. The van der Waals surface area contributed by atoms with Crippen LogP contribution in [0.1, 0.15) is 31.4 Å². The van der Waals surface area contributed by atoms with E-state index in [4.69, 9.17) is 14.7 Å². The first kappa shape index (κ1) is 24.3. The van der Waals surface area contributed by atoms with E-state index in [9.17, 15) is 5.11 Å². The Morgan fingerprint density at radius 2 is 1.89 bits per heavy atom. The van der Waals surface area contributed by atoms with Crippen molar-refractivity contribution >= 4 is 38.6 Å². The van der Waals surface area contributed by atoms with Crippen molar-refractivity contribution in [3.63, 3.8) is 0 Å². The molecule has 0 spiro atoms. The number of ether oxygens (including phenoxy) is 1. The van der Waals surface area contributed by atoms with Gasteiger partial charge in [0.2, 0.25) is 5.95 Å². The van der Waals surface area contributed by atoms with Crippen LogP contribution in [0.4, 0.5) is 16.9 Å². The van der Waals surface area contributed by atoms with Crippen LogP contribution >= 0.6 is 11.3 Å². The highest BCUT2D eigenvalue weighted by molar-refractivity contribution is 7.21. The van der Waals surface area contributed by atoms with Crippen molar-refractivity contribution < 1.29 is 9.84 Å². The van der Waals surface area contributed by atoms with Crippen molar-refractivity contribution in [2.45, 2.75) is 44.4 Å². The van der Waals surface area contributed by atoms with E-state index in [1.54, 1.807) is 13.3 Å². The maximum absolute atomic E-state index is 9.86. The van der Waals surface area contributed by atoms with E-state index in [2.05, 4.69) is 30.4 Å². The molecule has 1 saturated heterocycles. The summed E-state index contributed by atoms with van der Waals surface area (Å²) in [6.07, 6.45) is 5.07. The van der Waals surface area contributed by atoms with Gasteiger partial charge in [0, 0.05) is 64.7 Å². The molecule has 1 aliphatic carbocycles. The van der Waals surface area contributed by atoms with Crippen molar-refractivity contribution in [1.82, 2.24) is 29.7 Å². The van der Waals surface area contributed by atoms with Gasteiger partial charge in [-0.1, -0.05) is 11.3 Å². The van der Waals surface area contributed by atoms with Crippen molar-refractivity contribution in [3.05, 3.63) is 30.1 Å². The zero-order chi connectivity index (χ0) is 24.0. The van der Waals surface area contributed by atoms with Crippen LogP contribution in [0, 0.1) is 0 Å². The average Bonchev–Trinajstić information content (AvgIpc) is 3.27. The summed E-state index contributed by atoms with van der Waals surface area (Å²) in [6.45, 7) is 6.60. The zero-order valence-electron chi connectivity index (χ0n) is 20.2. The van der Waals surface area contributed by atoms with Gasteiger partial charge in [0.1, 0.15) is 16.2 Å². The van der Waals surface area contributed by atoms with Gasteiger partial charge in [0.25, 0.3) is 0 Å². The molecule has 10 nitrogen and oxygen atoms in total. The molecule has 2 fully saturated rings. The first-order chi connectivity index (χ1) is 17.1. The number of anilines is 3. The van der Waals surface area contributed by atoms with Gasteiger partial charge < -0.3 is 20.5 Å². The van der Waals surface area contributed by atoms with E-state index >= 15 is 0 Å². The van der Waals surface area contributed by atoms with Crippen LogP contribution in [0.25, 0.3) is 10.3 Å². The molecule has 2 aliphatic rings. The smallest absolute Gasteiger partial charge is 0.225 e. The molecule has 3 aromatic rings. The summed E-state index contributed by atoms with van der Waals surface area (Å²) < 4.78 is 5.22. The summed E-state index contributed by atoms with van der Waals surface area (Å²) in [6, 6.07) is 6.16. The zero-order valence-corrected chi connectivity index (χ0v) is 21.0. The van der Waals surface area contributed by atoms with E-state index in [1.807, 2.05) is 18.2 Å². The van der Waals surface area contributed by atoms with Crippen molar-refractivity contribution in [3.8, 4) is 0 Å². The van der Waals surface area contributed by atoms with E-state index in [1.165, 1.54) is 11.3 Å². The molecule has 11 heteroatoms. The average molecular weight is 499 g/mol. The number of hydrogen-bond acceptors (Lipinski definition) is 11. The number of piperazine rings is 1. The highest BCUT2D eigenvalue weighted by Gasteiger charge is 2.22. The van der Waals surface area contributed by atoms with Gasteiger partial charge in [0.05, 0.1) is 18.4 Å². The number of thiazole rings is 1. The second-order valence-electron chi connectivity index (χ2n) is 9.30. The second kappa shape index (κ2) is 11.5. The van der Waals surface area contributed by atoms with Crippen molar-refractivity contribution in [2.75, 3.05) is 57.1 Å². The molecule has 0 radical (unpaired) electrons. The van der Waals surface area contributed by atoms with E-state index in [-0.39, 0.29) is 12.1 Å². The number of aliphatic hydroxyl groups is 1. The number of rotatable bonds is 9. The van der Waals surface area contributed by atoms with Gasteiger partial charge in [-0.3, -0.25) is 9.80 Å². The number of hydrogen-bond donors (Lipinski definition) is 3. The van der Waals surface area contributed by atoms with Crippen LogP contribution in [-0.4, -0.2) is 93.4 Å². The molecule has 1 saturated carbocycles. The number of pyridine rings is 1. The molecule has 0 unspecified atom stereocenters. The SMILES string of the molecule is COCCN1CCN(Cc2cc(Nc3nc4cccnc4s3)nc(N[C@H]3CC[C@H](O)CC3)n2)CC1. The minimum atomic E-state index is -0.187. The first-order valence-electron chi connectivity index (χ1n) is 12.4. The Kier molecular flexibility index (Phi) is 7.99. The Labute approximate surface area is 209 Å². The fourth-order valence-corrected chi connectivity index (χ4v) is 5.48. The molecule has 3 N–H and O–H groups in total. The maximum Gasteiger partial charge on any atom is 0.225 e. The molecular formula is C24H34N8O2S. The molecule has 3 aromatic heterocycles. The number of nitrogens with zero attached hydrogens (tertiary/aromatic N) is 6. The van der Waals surface area contributed by atoms with Crippen LogP contribution in [-0.2, 0) is 11.3 Å². The van der Waals surface area contributed by atoms with E-state index in [0.29, 0.717) is 5.95 Å². The third kappa shape index (κ3) is 6.62. The lowest BCUT2D eigenvalue weighted by atomic mass is 9.93. The number of fused-ring (bicyclic) bond motifs is 1. The van der Waals surface area contributed by atoms with Crippen LogP contribution < -0.4 is 10.6 Å². The first-order valence-corrected chi connectivity index (χ1v) is 13.2. The van der Waals surface area contributed by atoms with Crippen LogP contribution in [0.15, 0.2) is 24.4 Å². The van der Waals surface area contributed by atoms with Crippen molar-refractivity contribution in [2.24, 2.45) is 0 Å². The monoisotopic (exact) mass is 498 g/mol. The number of nitrogens with one attached hydrogen (secondary N) is 2. The Bertz CT molecular complexity index is 1060. The summed E-state index contributed by atoms with van der Waals surface area (Å²) in [4.78, 5) is 24.5. The number of methoxy groups -OCH3 is 1. The normalized spacial score (nSPS) is 21.9. The molecule has 1 aliphatic heterocycles. The molecule has 4 heterocycles. The lowest BCUT2D eigenvalue weighted by Crippen LogP contribution is -2.46. The Balaban J connectivity index is 1.30. The fraction of sp³-hybridized carbons (Fsp3) is 0.583. The minimum absolute atomic E-state index is 0.187. The van der Waals surface area contributed by atoms with Crippen LogP contribution in [0.2, 0.25) is 0 Å². The topological polar surface area (TPSA) is 112 Å². The lowest BCUT2D eigenvalue weighted by molar-refractivity contribution is 0.0932. The van der Waals surface area contributed by atoms with E-state index in [0.717, 1.165) is 98.5 Å². The Morgan fingerprint density at radius 1 is 1.09 bits per heavy atom. The van der Waals surface area contributed by atoms with E-state index < -0.39 is 0 Å². The maximum atomic E-state index is 9.86. The third-order valence-corrected chi connectivity index (χ3v) is 7.57. The summed E-state index contributed by atoms with van der Waals surface area (Å²) in [5.41, 5.74) is 1.85. The summed E-state index contributed by atoms with van der Waals surface area (Å²) in [7, 11) is 1.75. The van der Waals surface area contributed by atoms with Gasteiger partial charge in [-0.15, -0.1) is 0 Å². The standard InChI is InChI=1S/C24H34N8O2S/c1-34-14-13-31-9-11-32(12-10-31)16-18-15-21(30-24-28-20-3-2-8-25-22(20)35-24)29-23(27-18)26-17-4-6-19(33)7-5-17/h2-3,8,15,17,19,33H,4-7,9-14,16H2,1H3,(H2,26,27,28,29,30)/t17-,19-. The molecule has 0 atom stereocenters. The van der Waals surface area contributed by atoms with Gasteiger partial charge >= 0.3 is 0 Å². The second-order valence-corrected chi connectivity index (χ2v) is 10.3. The summed E-state index contributed by atoms with van der Waals surface area (Å²) in [5, 5.41) is 17.5. The molecule has 188 valence electrons. The Hall–Kier alpha value is -2.44. The van der Waals surface area contributed by atoms with Crippen LogP contribution in [0.3, 0.4) is 0 Å². The number of aliphatic hydroxyl groups excluding tert-OH is 1. The highest BCUT2D eigenvalue weighted by atomic mass is 32.1. The predicted octanol–water partition coefficient (Wildman–Crippen LogP) is 2.70. The largest absolute Gasteiger partial charge is 0.393 e. The van der Waals surface area contributed by atoms with Gasteiger partial charge in [-0.05, 0) is 37.8 Å². The number of aromatic nitrogens is 4. The Morgan fingerprint density at radius 3 is 2.66 bits per heavy atom. The summed E-state index contributed by atoms with van der Waals surface area (Å²) in [5.74, 6) is 1.36. The molecule has 5 rings (SSSR count). The molecule has 0 amide bonds. The third-order valence-electron chi connectivity index (χ3n) is 6.67. The van der Waals surface area contributed by atoms with Crippen molar-refractivity contribution in [1.29, 1.82) is 0 Å².